The van der Waals surface area contributed by atoms with Crippen molar-refractivity contribution in [2.75, 3.05) is 30.3 Å². The van der Waals surface area contributed by atoms with Crippen molar-refractivity contribution in [2.45, 2.75) is 31.6 Å². The quantitative estimate of drug-likeness (QED) is 0.398. The Labute approximate surface area is 207 Å². The Balaban J connectivity index is 1.35. The van der Waals surface area contributed by atoms with Gasteiger partial charge in [0.15, 0.2) is 11.5 Å². The van der Waals surface area contributed by atoms with Crippen LogP contribution in [0.2, 0.25) is 0 Å². The van der Waals surface area contributed by atoms with Crippen molar-refractivity contribution in [3.8, 4) is 5.75 Å². The van der Waals surface area contributed by atoms with Crippen molar-refractivity contribution in [3.05, 3.63) is 58.2 Å². The van der Waals surface area contributed by atoms with E-state index in [-0.39, 0.29) is 11.5 Å². The predicted molar refractivity (Wildman–Crippen MR) is 139 cm³/mol. The number of hydrogen-bond acceptors (Lipinski definition) is 7. The summed E-state index contributed by atoms with van der Waals surface area (Å²) in [5.41, 5.74) is 14.7. The molecule has 0 unspecified atom stereocenters. The van der Waals surface area contributed by atoms with Gasteiger partial charge in [-0.05, 0) is 68.0 Å². The van der Waals surface area contributed by atoms with Crippen LogP contribution in [-0.2, 0) is 7.05 Å². The van der Waals surface area contributed by atoms with Crippen LogP contribution < -0.4 is 26.7 Å². The van der Waals surface area contributed by atoms with Gasteiger partial charge in [-0.15, -0.1) is 0 Å². The van der Waals surface area contributed by atoms with E-state index in [9.17, 15) is 9.59 Å². The molecule has 4 N–H and O–H groups in total. The lowest BCUT2D eigenvalue weighted by Gasteiger charge is -2.34. The van der Waals surface area contributed by atoms with E-state index in [0.717, 1.165) is 35.0 Å². The Morgan fingerprint density at radius 2 is 1.92 bits per heavy atom. The molecule has 0 atom stereocenters. The van der Waals surface area contributed by atoms with Gasteiger partial charge in [-0.2, -0.15) is 0 Å². The van der Waals surface area contributed by atoms with Gasteiger partial charge in [0.2, 0.25) is 0 Å². The number of pyridine rings is 1. The summed E-state index contributed by atoms with van der Waals surface area (Å²) >= 11 is 0. The van der Waals surface area contributed by atoms with E-state index in [1.165, 1.54) is 17.4 Å². The SMILES string of the molecule is Cn1c(=O)c(C(N)=O)c(N2CCC(c3nc4cc(N)ccc4o3)CC2)c2cc(OCC3CC3)ccc21. The summed E-state index contributed by atoms with van der Waals surface area (Å²) < 4.78 is 13.5. The maximum atomic E-state index is 13.2. The molecule has 186 valence electrons. The van der Waals surface area contributed by atoms with E-state index in [0.29, 0.717) is 48.5 Å². The van der Waals surface area contributed by atoms with Crippen molar-refractivity contribution >= 4 is 39.3 Å². The van der Waals surface area contributed by atoms with Gasteiger partial charge in [0.25, 0.3) is 11.5 Å². The number of anilines is 2. The molecule has 1 saturated heterocycles. The molecule has 0 spiro atoms. The van der Waals surface area contributed by atoms with Crippen LogP contribution in [0.25, 0.3) is 22.0 Å². The number of hydrogen-bond donors (Lipinski definition) is 2. The highest BCUT2D eigenvalue weighted by Gasteiger charge is 2.30. The van der Waals surface area contributed by atoms with E-state index in [1.807, 2.05) is 30.3 Å². The number of nitrogens with two attached hydrogens (primary N) is 2. The van der Waals surface area contributed by atoms with E-state index in [1.54, 1.807) is 13.1 Å². The average Bonchev–Trinajstić information content (AvgIpc) is 3.61. The molecule has 1 aliphatic carbocycles. The minimum absolute atomic E-state index is 0.0140. The number of aromatic nitrogens is 2. The van der Waals surface area contributed by atoms with Crippen molar-refractivity contribution in [1.82, 2.24) is 9.55 Å². The van der Waals surface area contributed by atoms with Gasteiger partial charge in [0.05, 0.1) is 17.8 Å². The monoisotopic (exact) mass is 487 g/mol. The second kappa shape index (κ2) is 8.58. The molecule has 9 heteroatoms. The molecule has 6 rings (SSSR count). The summed E-state index contributed by atoms with van der Waals surface area (Å²) in [4.78, 5) is 32.4. The van der Waals surface area contributed by atoms with E-state index in [2.05, 4.69) is 9.88 Å². The van der Waals surface area contributed by atoms with Crippen LogP contribution in [0.4, 0.5) is 11.4 Å². The number of amides is 1. The van der Waals surface area contributed by atoms with Gasteiger partial charge in [0, 0.05) is 37.1 Å². The molecule has 2 aromatic heterocycles. The average molecular weight is 488 g/mol. The first-order valence-electron chi connectivity index (χ1n) is 12.4. The number of oxazole rings is 1. The zero-order valence-electron chi connectivity index (χ0n) is 20.2. The van der Waals surface area contributed by atoms with Crippen molar-refractivity contribution in [3.63, 3.8) is 0 Å². The highest BCUT2D eigenvalue weighted by Crippen LogP contribution is 2.37. The molecule has 3 heterocycles. The fourth-order valence-corrected chi connectivity index (χ4v) is 5.14. The van der Waals surface area contributed by atoms with Crippen LogP contribution in [0.5, 0.6) is 5.75 Å². The first-order chi connectivity index (χ1) is 17.4. The maximum absolute atomic E-state index is 13.2. The Hall–Kier alpha value is -4.01. The largest absolute Gasteiger partial charge is 0.493 e. The number of aryl methyl sites for hydroxylation is 1. The van der Waals surface area contributed by atoms with Gasteiger partial charge in [0.1, 0.15) is 16.8 Å². The molecule has 2 aliphatic rings. The second-order valence-electron chi connectivity index (χ2n) is 9.93. The Morgan fingerprint density at radius 3 is 2.64 bits per heavy atom. The van der Waals surface area contributed by atoms with Gasteiger partial charge in [-0.1, -0.05) is 0 Å². The molecular formula is C27H29N5O4. The molecule has 2 fully saturated rings. The molecule has 2 aromatic carbocycles. The third kappa shape index (κ3) is 3.94. The van der Waals surface area contributed by atoms with Crippen LogP contribution in [0, 0.1) is 5.92 Å². The number of nitrogen functional groups attached to an aromatic ring is 1. The second-order valence-corrected chi connectivity index (χ2v) is 9.93. The number of rotatable bonds is 6. The van der Waals surface area contributed by atoms with Crippen molar-refractivity contribution in [2.24, 2.45) is 18.7 Å². The molecule has 4 aromatic rings. The molecule has 1 saturated carbocycles. The highest BCUT2D eigenvalue weighted by molar-refractivity contribution is 6.07. The molecule has 1 amide bonds. The fourth-order valence-electron chi connectivity index (χ4n) is 5.14. The van der Waals surface area contributed by atoms with Gasteiger partial charge in [-0.3, -0.25) is 9.59 Å². The maximum Gasteiger partial charge on any atom is 0.265 e. The number of fused-ring (bicyclic) bond motifs is 2. The van der Waals surface area contributed by atoms with Crippen LogP contribution in [-0.4, -0.2) is 35.2 Å². The third-order valence-electron chi connectivity index (χ3n) is 7.36. The van der Waals surface area contributed by atoms with Gasteiger partial charge in [-0.25, -0.2) is 4.98 Å². The van der Waals surface area contributed by atoms with Crippen molar-refractivity contribution in [1.29, 1.82) is 0 Å². The minimum atomic E-state index is -0.726. The molecule has 36 heavy (non-hydrogen) atoms. The number of primary amides is 1. The van der Waals surface area contributed by atoms with Crippen LogP contribution in [0.15, 0.2) is 45.6 Å². The lowest BCUT2D eigenvalue weighted by atomic mass is 9.95. The van der Waals surface area contributed by atoms with Crippen LogP contribution >= 0.6 is 0 Å². The van der Waals surface area contributed by atoms with Gasteiger partial charge < -0.3 is 30.1 Å². The fraction of sp³-hybridized carbons (Fsp3) is 0.370. The molecular weight excluding hydrogens is 458 g/mol. The highest BCUT2D eigenvalue weighted by atomic mass is 16.5. The molecule has 0 radical (unpaired) electrons. The molecule has 9 nitrogen and oxygen atoms in total. The topological polar surface area (TPSA) is 130 Å². The number of carbonyl (C=O) groups is 1. The zero-order valence-corrected chi connectivity index (χ0v) is 20.2. The Bertz CT molecular complexity index is 1540. The molecule has 0 bridgehead atoms. The summed E-state index contributed by atoms with van der Waals surface area (Å²) in [5, 5.41) is 0.787. The van der Waals surface area contributed by atoms with E-state index in [4.69, 9.17) is 20.6 Å². The number of benzene rings is 2. The Kier molecular flexibility index (Phi) is 5.35. The normalized spacial score (nSPS) is 16.6. The lowest BCUT2D eigenvalue weighted by molar-refractivity contribution is 0.0999. The number of piperidine rings is 1. The summed E-state index contributed by atoms with van der Waals surface area (Å²) in [6, 6.07) is 11.1. The van der Waals surface area contributed by atoms with E-state index < -0.39 is 11.5 Å². The van der Waals surface area contributed by atoms with Crippen LogP contribution in [0.3, 0.4) is 0 Å². The van der Waals surface area contributed by atoms with Crippen LogP contribution in [0.1, 0.15) is 47.8 Å². The third-order valence-corrected chi connectivity index (χ3v) is 7.36. The smallest absolute Gasteiger partial charge is 0.265 e. The number of carbonyl (C=O) groups excluding carboxylic acids is 1. The first-order valence-corrected chi connectivity index (χ1v) is 12.4. The zero-order chi connectivity index (χ0) is 25.0. The summed E-state index contributed by atoms with van der Waals surface area (Å²) in [6.07, 6.45) is 3.91. The van der Waals surface area contributed by atoms with Gasteiger partial charge >= 0.3 is 0 Å². The Morgan fingerprint density at radius 1 is 1.14 bits per heavy atom. The lowest BCUT2D eigenvalue weighted by Crippen LogP contribution is -2.38. The number of nitrogens with zero attached hydrogens (tertiary/aromatic N) is 3. The van der Waals surface area contributed by atoms with Crippen molar-refractivity contribution < 1.29 is 13.9 Å². The van der Waals surface area contributed by atoms with E-state index >= 15 is 0 Å². The predicted octanol–water partition coefficient (Wildman–Crippen LogP) is 3.53. The number of ether oxygens (including phenoxy) is 1. The minimum Gasteiger partial charge on any atom is -0.493 e. The molecule has 1 aliphatic heterocycles. The standard InChI is InChI=1S/C27H29N5O4/c1-31-21-6-5-18(35-14-15-2-3-15)13-19(21)24(23(25(29)33)27(31)34)32-10-8-16(9-11-32)26-30-20-12-17(28)4-7-22(20)36-26/h4-7,12-13,15-16H,2-3,8-11,14,28H2,1H3,(H2,29,33). The summed E-state index contributed by atoms with van der Waals surface area (Å²) in [6.45, 7) is 1.93. The summed E-state index contributed by atoms with van der Waals surface area (Å²) in [7, 11) is 1.66. The summed E-state index contributed by atoms with van der Waals surface area (Å²) in [5.74, 6) is 1.43. The first kappa shape index (κ1) is 22.5.